The van der Waals surface area contributed by atoms with Gasteiger partial charge in [0.1, 0.15) is 11.6 Å². The van der Waals surface area contributed by atoms with Gasteiger partial charge >= 0.3 is 0 Å². The lowest BCUT2D eigenvalue weighted by Gasteiger charge is -2.21. The van der Waals surface area contributed by atoms with Crippen LogP contribution in [0.15, 0.2) is 17.1 Å². The number of nitrogens with one attached hydrogen (secondary N) is 2. The second-order valence-electron chi connectivity index (χ2n) is 5.95. The fourth-order valence-corrected chi connectivity index (χ4v) is 2.37. The molecule has 1 aliphatic heterocycles. The van der Waals surface area contributed by atoms with E-state index in [0.29, 0.717) is 25.5 Å². The average molecular weight is 451 g/mol. The SMILES string of the molecule is CCNC(=NCC(C)C)NCCc1cc(F)cc2c1OCOC2.I. The van der Waals surface area contributed by atoms with Crippen molar-refractivity contribution in [2.75, 3.05) is 26.4 Å². The minimum absolute atomic E-state index is 0. The van der Waals surface area contributed by atoms with Crippen LogP contribution in [0.5, 0.6) is 5.75 Å². The second kappa shape index (κ2) is 10.7. The molecule has 1 aromatic carbocycles. The summed E-state index contributed by atoms with van der Waals surface area (Å²) in [6, 6.07) is 3.00. The highest BCUT2D eigenvalue weighted by atomic mass is 127. The molecule has 0 bridgehead atoms. The minimum atomic E-state index is -0.256. The van der Waals surface area contributed by atoms with E-state index in [0.717, 1.165) is 35.9 Å². The van der Waals surface area contributed by atoms with Gasteiger partial charge in [-0.15, -0.1) is 24.0 Å². The number of nitrogens with zero attached hydrogens (tertiary/aromatic N) is 1. The molecule has 136 valence electrons. The van der Waals surface area contributed by atoms with Crippen LogP contribution in [0.3, 0.4) is 0 Å². The van der Waals surface area contributed by atoms with Crippen molar-refractivity contribution in [1.82, 2.24) is 10.6 Å². The maximum absolute atomic E-state index is 13.7. The molecular formula is C17H27FIN3O2. The van der Waals surface area contributed by atoms with Crippen LogP contribution in [0.25, 0.3) is 0 Å². The molecule has 24 heavy (non-hydrogen) atoms. The molecule has 7 heteroatoms. The molecule has 5 nitrogen and oxygen atoms in total. The molecule has 0 spiro atoms. The number of aliphatic imine (C=N–C) groups is 1. The van der Waals surface area contributed by atoms with E-state index >= 15 is 0 Å². The van der Waals surface area contributed by atoms with E-state index in [4.69, 9.17) is 9.47 Å². The highest BCUT2D eigenvalue weighted by Gasteiger charge is 2.16. The standard InChI is InChI=1S/C17H26FN3O2.HI/c1-4-19-17(21-9-12(2)3)20-6-5-13-7-15(18)8-14-10-22-11-23-16(13)14;/h7-8,12H,4-6,9-11H2,1-3H3,(H2,19,20,21);1H. The first-order valence-corrected chi connectivity index (χ1v) is 8.14. The first-order valence-electron chi connectivity index (χ1n) is 8.14. The molecular weight excluding hydrogens is 424 g/mol. The van der Waals surface area contributed by atoms with Gasteiger partial charge in [0.2, 0.25) is 0 Å². The third-order valence-electron chi connectivity index (χ3n) is 3.40. The molecule has 1 aliphatic rings. The predicted molar refractivity (Wildman–Crippen MR) is 105 cm³/mol. The maximum Gasteiger partial charge on any atom is 0.191 e. The summed E-state index contributed by atoms with van der Waals surface area (Å²) in [6.45, 7) is 9.14. The Balaban J connectivity index is 0.00000288. The third kappa shape index (κ3) is 6.43. The van der Waals surface area contributed by atoms with Crippen molar-refractivity contribution in [3.05, 3.63) is 29.1 Å². The van der Waals surface area contributed by atoms with Gasteiger partial charge in [0, 0.05) is 25.2 Å². The van der Waals surface area contributed by atoms with Crippen molar-refractivity contribution in [2.24, 2.45) is 10.9 Å². The molecule has 0 saturated heterocycles. The summed E-state index contributed by atoms with van der Waals surface area (Å²) in [5.74, 6) is 1.79. The van der Waals surface area contributed by atoms with Crippen LogP contribution in [-0.4, -0.2) is 32.4 Å². The number of rotatable bonds is 6. The zero-order valence-electron chi connectivity index (χ0n) is 14.5. The van der Waals surface area contributed by atoms with Crippen LogP contribution in [0.4, 0.5) is 4.39 Å². The third-order valence-corrected chi connectivity index (χ3v) is 3.40. The topological polar surface area (TPSA) is 54.9 Å². The van der Waals surface area contributed by atoms with Crippen molar-refractivity contribution < 1.29 is 13.9 Å². The summed E-state index contributed by atoms with van der Waals surface area (Å²) >= 11 is 0. The summed E-state index contributed by atoms with van der Waals surface area (Å²) in [6.07, 6.45) is 0.659. The van der Waals surface area contributed by atoms with Crippen LogP contribution in [0.1, 0.15) is 31.9 Å². The molecule has 0 radical (unpaired) electrons. The average Bonchev–Trinajstić information content (AvgIpc) is 2.52. The van der Waals surface area contributed by atoms with Gasteiger partial charge in [-0.25, -0.2) is 4.39 Å². The highest BCUT2D eigenvalue weighted by molar-refractivity contribution is 14.0. The summed E-state index contributed by atoms with van der Waals surface area (Å²) in [5, 5.41) is 6.49. The van der Waals surface area contributed by atoms with Gasteiger partial charge in [-0.05, 0) is 37.0 Å². The molecule has 0 amide bonds. The minimum Gasteiger partial charge on any atom is -0.467 e. The monoisotopic (exact) mass is 451 g/mol. The van der Waals surface area contributed by atoms with Crippen LogP contribution in [0.2, 0.25) is 0 Å². The first-order chi connectivity index (χ1) is 11.1. The number of fused-ring (bicyclic) bond motifs is 1. The summed E-state index contributed by atoms with van der Waals surface area (Å²) in [4.78, 5) is 4.52. The molecule has 1 aromatic rings. The van der Waals surface area contributed by atoms with E-state index in [1.54, 1.807) is 0 Å². The second-order valence-corrected chi connectivity index (χ2v) is 5.95. The molecule has 0 atom stereocenters. The molecule has 0 unspecified atom stereocenters. The van der Waals surface area contributed by atoms with Gasteiger partial charge in [0.15, 0.2) is 12.8 Å². The quantitative estimate of drug-likeness (QED) is 0.397. The predicted octanol–water partition coefficient (Wildman–Crippen LogP) is 3.06. The lowest BCUT2D eigenvalue weighted by Crippen LogP contribution is -2.38. The van der Waals surface area contributed by atoms with Crippen LogP contribution >= 0.6 is 24.0 Å². The largest absolute Gasteiger partial charge is 0.467 e. The Kier molecular flexibility index (Phi) is 9.35. The number of hydrogen-bond acceptors (Lipinski definition) is 3. The fraction of sp³-hybridized carbons (Fsp3) is 0.588. The molecule has 2 N–H and O–H groups in total. The van der Waals surface area contributed by atoms with E-state index in [1.165, 1.54) is 12.1 Å². The van der Waals surface area contributed by atoms with E-state index in [1.807, 2.05) is 6.92 Å². The normalized spacial score (nSPS) is 13.8. The van der Waals surface area contributed by atoms with E-state index in [-0.39, 0.29) is 36.6 Å². The zero-order valence-corrected chi connectivity index (χ0v) is 16.9. The smallest absolute Gasteiger partial charge is 0.191 e. The number of benzene rings is 1. The Hall–Kier alpha value is -1.09. The molecule has 0 aromatic heterocycles. The Bertz CT molecular complexity index is 553. The Morgan fingerprint density at radius 2 is 2.12 bits per heavy atom. The number of hydrogen-bond donors (Lipinski definition) is 2. The van der Waals surface area contributed by atoms with Gasteiger partial charge in [-0.2, -0.15) is 0 Å². The van der Waals surface area contributed by atoms with E-state index in [9.17, 15) is 4.39 Å². The van der Waals surface area contributed by atoms with Gasteiger partial charge in [0.25, 0.3) is 0 Å². The highest BCUT2D eigenvalue weighted by Crippen LogP contribution is 2.29. The summed E-state index contributed by atoms with van der Waals surface area (Å²) < 4.78 is 24.4. The maximum atomic E-state index is 13.7. The van der Waals surface area contributed by atoms with Gasteiger partial charge in [0.05, 0.1) is 6.61 Å². The molecule has 0 saturated carbocycles. The van der Waals surface area contributed by atoms with Crippen LogP contribution in [0, 0.1) is 11.7 Å². The Morgan fingerprint density at radius 1 is 1.33 bits per heavy atom. The fourth-order valence-electron chi connectivity index (χ4n) is 2.37. The summed E-state index contributed by atoms with van der Waals surface area (Å²) in [5.41, 5.74) is 1.63. The van der Waals surface area contributed by atoms with Crippen molar-refractivity contribution in [3.8, 4) is 5.75 Å². The molecule has 0 aliphatic carbocycles. The molecule has 0 fully saturated rings. The van der Waals surface area contributed by atoms with E-state index < -0.39 is 0 Å². The number of ether oxygens (including phenoxy) is 2. The van der Waals surface area contributed by atoms with Crippen LogP contribution in [-0.2, 0) is 17.8 Å². The van der Waals surface area contributed by atoms with Crippen molar-refractivity contribution in [2.45, 2.75) is 33.8 Å². The van der Waals surface area contributed by atoms with Crippen molar-refractivity contribution >= 4 is 29.9 Å². The number of guanidine groups is 1. The molecule has 1 heterocycles. The molecule has 2 rings (SSSR count). The van der Waals surface area contributed by atoms with Gasteiger partial charge < -0.3 is 20.1 Å². The van der Waals surface area contributed by atoms with Crippen LogP contribution < -0.4 is 15.4 Å². The van der Waals surface area contributed by atoms with Gasteiger partial charge in [-0.3, -0.25) is 4.99 Å². The lowest BCUT2D eigenvalue weighted by atomic mass is 10.1. The van der Waals surface area contributed by atoms with Crippen molar-refractivity contribution in [1.29, 1.82) is 0 Å². The first kappa shape index (κ1) is 21.0. The lowest BCUT2D eigenvalue weighted by molar-refractivity contribution is -0.0172. The number of halogens is 2. The van der Waals surface area contributed by atoms with E-state index in [2.05, 4.69) is 29.5 Å². The Labute approximate surface area is 160 Å². The summed E-state index contributed by atoms with van der Waals surface area (Å²) in [7, 11) is 0. The zero-order chi connectivity index (χ0) is 16.7. The van der Waals surface area contributed by atoms with Gasteiger partial charge in [-0.1, -0.05) is 13.8 Å². The van der Waals surface area contributed by atoms with Crippen molar-refractivity contribution in [3.63, 3.8) is 0 Å². The Morgan fingerprint density at radius 3 is 2.83 bits per heavy atom.